The summed E-state index contributed by atoms with van der Waals surface area (Å²) in [4.78, 5) is 14.4. The standard InChI is InChI=1S/C14H24N4OS/c1-12(11-18-5-3-4-16-18)10-15-14(19)13(2)17-6-8-20-9-7-17/h3-5,12-13H,6-11H2,1-2H3,(H,15,19)/t12-,13+/m1/s1. The van der Waals surface area contributed by atoms with Gasteiger partial charge in [-0.25, -0.2) is 0 Å². The van der Waals surface area contributed by atoms with Crippen molar-refractivity contribution in [2.75, 3.05) is 31.1 Å². The Kier molecular flexibility index (Phi) is 5.91. The lowest BCUT2D eigenvalue weighted by molar-refractivity contribution is -0.125. The number of nitrogens with zero attached hydrogens (tertiary/aromatic N) is 3. The zero-order chi connectivity index (χ0) is 14.4. The van der Waals surface area contributed by atoms with E-state index in [9.17, 15) is 4.79 Å². The molecule has 1 aromatic rings. The van der Waals surface area contributed by atoms with Crippen LogP contribution in [0.5, 0.6) is 0 Å². The van der Waals surface area contributed by atoms with Crippen molar-refractivity contribution in [3.05, 3.63) is 18.5 Å². The second-order valence-electron chi connectivity index (χ2n) is 5.40. The van der Waals surface area contributed by atoms with Gasteiger partial charge in [0.25, 0.3) is 0 Å². The maximum atomic E-state index is 12.2. The molecule has 0 radical (unpaired) electrons. The molecule has 0 aromatic carbocycles. The summed E-state index contributed by atoms with van der Waals surface area (Å²) in [5.74, 6) is 2.79. The van der Waals surface area contributed by atoms with E-state index in [-0.39, 0.29) is 11.9 Å². The van der Waals surface area contributed by atoms with Crippen LogP contribution in [0.15, 0.2) is 18.5 Å². The first-order valence-electron chi connectivity index (χ1n) is 7.23. The monoisotopic (exact) mass is 296 g/mol. The van der Waals surface area contributed by atoms with Crippen molar-refractivity contribution in [2.24, 2.45) is 5.92 Å². The number of rotatable bonds is 6. The molecular weight excluding hydrogens is 272 g/mol. The highest BCUT2D eigenvalue weighted by molar-refractivity contribution is 7.99. The van der Waals surface area contributed by atoms with E-state index >= 15 is 0 Å². The number of hydrogen-bond acceptors (Lipinski definition) is 4. The van der Waals surface area contributed by atoms with E-state index in [0.29, 0.717) is 12.5 Å². The van der Waals surface area contributed by atoms with Crippen LogP contribution in [0.25, 0.3) is 0 Å². The first kappa shape index (κ1) is 15.4. The number of aromatic nitrogens is 2. The molecule has 6 heteroatoms. The average Bonchev–Trinajstić information content (AvgIpc) is 2.97. The zero-order valence-corrected chi connectivity index (χ0v) is 13.1. The van der Waals surface area contributed by atoms with Crippen molar-refractivity contribution >= 4 is 17.7 Å². The SMILES string of the molecule is C[C@H](CNC(=O)[C@H](C)N1CCSCC1)Cn1cccn1. The van der Waals surface area contributed by atoms with Crippen LogP contribution in [0.3, 0.4) is 0 Å². The van der Waals surface area contributed by atoms with Gasteiger partial charge in [-0.3, -0.25) is 14.4 Å². The summed E-state index contributed by atoms with van der Waals surface area (Å²) in [6, 6.07) is 1.90. The van der Waals surface area contributed by atoms with E-state index in [1.54, 1.807) is 6.20 Å². The molecule has 0 spiro atoms. The number of thioether (sulfide) groups is 1. The Balaban J connectivity index is 1.70. The van der Waals surface area contributed by atoms with Gasteiger partial charge < -0.3 is 5.32 Å². The molecule has 1 N–H and O–H groups in total. The third-order valence-electron chi connectivity index (χ3n) is 3.66. The number of carbonyl (C=O) groups excluding carboxylic acids is 1. The van der Waals surface area contributed by atoms with Crippen molar-refractivity contribution in [1.29, 1.82) is 0 Å². The molecule has 2 heterocycles. The summed E-state index contributed by atoms with van der Waals surface area (Å²) >= 11 is 1.97. The lowest BCUT2D eigenvalue weighted by Crippen LogP contribution is -2.49. The number of hydrogen-bond donors (Lipinski definition) is 1. The maximum absolute atomic E-state index is 12.2. The Morgan fingerprint density at radius 3 is 2.80 bits per heavy atom. The van der Waals surface area contributed by atoms with Gasteiger partial charge in [0, 0.05) is 50.1 Å². The third kappa shape index (κ3) is 4.52. The summed E-state index contributed by atoms with van der Waals surface area (Å²) in [5.41, 5.74) is 0. The second-order valence-corrected chi connectivity index (χ2v) is 6.63. The van der Waals surface area contributed by atoms with Gasteiger partial charge in [0.1, 0.15) is 0 Å². The predicted molar refractivity (Wildman–Crippen MR) is 82.8 cm³/mol. The molecule has 2 atom stereocenters. The van der Waals surface area contributed by atoms with Crippen molar-refractivity contribution in [1.82, 2.24) is 20.0 Å². The highest BCUT2D eigenvalue weighted by atomic mass is 32.2. The van der Waals surface area contributed by atoms with Crippen LogP contribution in [0, 0.1) is 5.92 Å². The number of amides is 1. The Morgan fingerprint density at radius 1 is 1.40 bits per heavy atom. The molecule has 1 aromatic heterocycles. The van der Waals surface area contributed by atoms with Crippen LogP contribution < -0.4 is 5.32 Å². The highest BCUT2D eigenvalue weighted by Crippen LogP contribution is 2.12. The van der Waals surface area contributed by atoms with Gasteiger partial charge in [-0.2, -0.15) is 16.9 Å². The Hall–Kier alpha value is -1.01. The minimum absolute atomic E-state index is 0.0206. The van der Waals surface area contributed by atoms with Crippen LogP contribution in [0.1, 0.15) is 13.8 Å². The molecular formula is C14H24N4OS. The van der Waals surface area contributed by atoms with Gasteiger partial charge in [0.05, 0.1) is 6.04 Å². The Morgan fingerprint density at radius 2 is 2.15 bits per heavy atom. The summed E-state index contributed by atoms with van der Waals surface area (Å²) in [6.45, 7) is 7.70. The average molecular weight is 296 g/mol. The molecule has 1 amide bonds. The summed E-state index contributed by atoms with van der Waals surface area (Å²) < 4.78 is 1.90. The molecule has 1 aliphatic rings. The predicted octanol–water partition coefficient (Wildman–Crippen LogP) is 1.07. The fourth-order valence-electron chi connectivity index (χ4n) is 2.35. The van der Waals surface area contributed by atoms with Gasteiger partial charge >= 0.3 is 0 Å². The molecule has 1 fully saturated rings. The van der Waals surface area contributed by atoms with E-state index in [2.05, 4.69) is 22.2 Å². The van der Waals surface area contributed by atoms with E-state index in [4.69, 9.17) is 0 Å². The van der Waals surface area contributed by atoms with Crippen LogP contribution >= 0.6 is 11.8 Å². The smallest absolute Gasteiger partial charge is 0.237 e. The van der Waals surface area contributed by atoms with Crippen LogP contribution in [0.4, 0.5) is 0 Å². The molecule has 5 nitrogen and oxygen atoms in total. The molecule has 0 unspecified atom stereocenters. The summed E-state index contributed by atoms with van der Waals surface area (Å²) in [6.07, 6.45) is 3.73. The molecule has 1 aliphatic heterocycles. The molecule has 1 saturated heterocycles. The first-order valence-corrected chi connectivity index (χ1v) is 8.39. The normalized spacial score (nSPS) is 19.5. The van der Waals surface area contributed by atoms with Gasteiger partial charge in [0.2, 0.25) is 5.91 Å². The fraction of sp³-hybridized carbons (Fsp3) is 0.714. The van der Waals surface area contributed by atoms with Crippen molar-refractivity contribution in [2.45, 2.75) is 26.4 Å². The quantitative estimate of drug-likeness (QED) is 0.853. The Labute approximate surface area is 125 Å². The topological polar surface area (TPSA) is 50.2 Å². The van der Waals surface area contributed by atoms with Crippen LogP contribution in [0.2, 0.25) is 0 Å². The number of nitrogens with one attached hydrogen (secondary N) is 1. The summed E-state index contributed by atoms with van der Waals surface area (Å²) in [5, 5.41) is 7.25. The largest absolute Gasteiger partial charge is 0.354 e. The summed E-state index contributed by atoms with van der Waals surface area (Å²) in [7, 11) is 0. The maximum Gasteiger partial charge on any atom is 0.237 e. The van der Waals surface area contributed by atoms with Crippen molar-refractivity contribution in [3.63, 3.8) is 0 Å². The van der Waals surface area contributed by atoms with Crippen molar-refractivity contribution in [3.8, 4) is 0 Å². The van der Waals surface area contributed by atoms with Crippen molar-refractivity contribution < 1.29 is 4.79 Å². The van der Waals surface area contributed by atoms with E-state index < -0.39 is 0 Å². The number of carbonyl (C=O) groups is 1. The van der Waals surface area contributed by atoms with Crippen LogP contribution in [-0.4, -0.2) is 57.8 Å². The minimum atomic E-state index is -0.0206. The first-order chi connectivity index (χ1) is 9.66. The molecule has 0 saturated carbocycles. The van der Waals surface area contributed by atoms with Gasteiger partial charge in [-0.05, 0) is 18.9 Å². The van der Waals surface area contributed by atoms with E-state index in [1.807, 2.05) is 35.6 Å². The highest BCUT2D eigenvalue weighted by Gasteiger charge is 2.22. The van der Waals surface area contributed by atoms with Gasteiger partial charge in [-0.1, -0.05) is 6.92 Å². The molecule has 20 heavy (non-hydrogen) atoms. The lowest BCUT2D eigenvalue weighted by Gasteiger charge is -2.31. The molecule has 2 rings (SSSR count). The molecule has 0 aliphatic carbocycles. The molecule has 112 valence electrons. The van der Waals surface area contributed by atoms with Gasteiger partial charge in [-0.15, -0.1) is 0 Å². The van der Waals surface area contributed by atoms with E-state index in [1.165, 1.54) is 0 Å². The fourth-order valence-corrected chi connectivity index (χ4v) is 3.28. The minimum Gasteiger partial charge on any atom is -0.354 e. The van der Waals surface area contributed by atoms with E-state index in [0.717, 1.165) is 31.1 Å². The van der Waals surface area contributed by atoms with Crippen LogP contribution in [-0.2, 0) is 11.3 Å². The third-order valence-corrected chi connectivity index (χ3v) is 4.60. The molecule has 0 bridgehead atoms. The zero-order valence-electron chi connectivity index (χ0n) is 12.3. The second kappa shape index (κ2) is 7.69. The lowest BCUT2D eigenvalue weighted by atomic mass is 10.1. The Bertz CT molecular complexity index is 403. The van der Waals surface area contributed by atoms with Gasteiger partial charge in [0.15, 0.2) is 0 Å².